The first kappa shape index (κ1) is 12.1. The van der Waals surface area contributed by atoms with E-state index in [9.17, 15) is 4.79 Å². The van der Waals surface area contributed by atoms with Gasteiger partial charge in [-0.25, -0.2) is 0 Å². The van der Waals surface area contributed by atoms with Crippen molar-refractivity contribution < 1.29 is 14.2 Å². The zero-order chi connectivity index (χ0) is 12.3. The summed E-state index contributed by atoms with van der Waals surface area (Å²) < 4.78 is 4.92. The van der Waals surface area contributed by atoms with Crippen molar-refractivity contribution in [1.82, 2.24) is 5.16 Å². The maximum Gasteiger partial charge on any atom is 0.283 e. The highest BCUT2D eigenvalue weighted by Gasteiger charge is 2.26. The fourth-order valence-electron chi connectivity index (χ4n) is 2.28. The van der Waals surface area contributed by atoms with Crippen LogP contribution in [-0.2, 0) is 4.79 Å². The first-order valence-electron chi connectivity index (χ1n) is 6.25. The number of hydrogen-bond donors (Lipinski definition) is 2. The maximum absolute atomic E-state index is 12.0. The molecule has 2 rings (SSSR count). The minimum Gasteiger partial charge on any atom is -0.360 e. The lowest BCUT2D eigenvalue weighted by molar-refractivity contribution is -0.918. The molecule has 0 aromatic carbocycles. The lowest BCUT2D eigenvalue weighted by atomic mass is 10.1. The molecule has 0 bridgehead atoms. The second kappa shape index (κ2) is 5.31. The summed E-state index contributed by atoms with van der Waals surface area (Å²) in [5.41, 5.74) is 0. The van der Waals surface area contributed by atoms with E-state index in [0.29, 0.717) is 11.6 Å². The van der Waals surface area contributed by atoms with Gasteiger partial charge < -0.3 is 14.7 Å². The van der Waals surface area contributed by atoms with Gasteiger partial charge in [-0.2, -0.15) is 0 Å². The number of carbonyl (C=O) groups excluding carboxylic acids is 1. The molecule has 0 aliphatic carbocycles. The Morgan fingerprint density at radius 3 is 2.76 bits per heavy atom. The van der Waals surface area contributed by atoms with E-state index in [-0.39, 0.29) is 11.9 Å². The summed E-state index contributed by atoms with van der Waals surface area (Å²) in [7, 11) is 0. The van der Waals surface area contributed by atoms with Crippen LogP contribution < -0.4 is 10.2 Å². The Hall–Kier alpha value is -1.36. The Morgan fingerprint density at radius 1 is 1.47 bits per heavy atom. The molecule has 0 radical (unpaired) electrons. The van der Waals surface area contributed by atoms with Gasteiger partial charge in [0.1, 0.15) is 5.76 Å². The average molecular weight is 238 g/mol. The van der Waals surface area contributed by atoms with Crippen LogP contribution in [0, 0.1) is 6.92 Å². The van der Waals surface area contributed by atoms with Crippen molar-refractivity contribution >= 4 is 11.7 Å². The highest BCUT2D eigenvalue weighted by atomic mass is 16.5. The molecule has 0 saturated carbocycles. The van der Waals surface area contributed by atoms with E-state index in [1.54, 1.807) is 6.07 Å². The van der Waals surface area contributed by atoms with E-state index in [1.807, 2.05) is 13.8 Å². The molecule has 2 N–H and O–H groups in total. The number of quaternary nitrogens is 1. The molecular weight excluding hydrogens is 218 g/mol. The minimum absolute atomic E-state index is 0.0210. The van der Waals surface area contributed by atoms with Gasteiger partial charge in [0.05, 0.1) is 13.1 Å². The standard InChI is InChI=1S/C12H19N3O2/c1-9-8-11(14-17-9)13-12(16)10(2)15-6-4-3-5-7-15/h8,10H,3-7H2,1-2H3,(H,13,14,16)/p+1/t10-/m1/s1. The number of aryl methyl sites for hydroxylation is 1. The zero-order valence-corrected chi connectivity index (χ0v) is 10.5. The van der Waals surface area contributed by atoms with E-state index >= 15 is 0 Å². The molecule has 1 saturated heterocycles. The summed E-state index contributed by atoms with van der Waals surface area (Å²) in [4.78, 5) is 13.4. The van der Waals surface area contributed by atoms with Crippen molar-refractivity contribution in [2.45, 2.75) is 39.2 Å². The molecule has 1 aromatic heterocycles. The Labute approximate surface area is 101 Å². The Kier molecular flexibility index (Phi) is 3.78. The van der Waals surface area contributed by atoms with E-state index in [4.69, 9.17) is 4.52 Å². The van der Waals surface area contributed by atoms with Crippen LogP contribution in [0.3, 0.4) is 0 Å². The summed E-state index contributed by atoms with van der Waals surface area (Å²) >= 11 is 0. The lowest BCUT2D eigenvalue weighted by Gasteiger charge is -2.28. The average Bonchev–Trinajstić information content (AvgIpc) is 2.75. The normalized spacial score (nSPS) is 18.9. The monoisotopic (exact) mass is 238 g/mol. The van der Waals surface area contributed by atoms with E-state index in [1.165, 1.54) is 24.2 Å². The van der Waals surface area contributed by atoms with Gasteiger partial charge in [0.2, 0.25) is 0 Å². The first-order chi connectivity index (χ1) is 8.16. The third-order valence-electron chi connectivity index (χ3n) is 3.38. The number of rotatable bonds is 3. The number of anilines is 1. The molecule has 5 heteroatoms. The van der Waals surface area contributed by atoms with Crippen LogP contribution in [0.1, 0.15) is 31.9 Å². The van der Waals surface area contributed by atoms with Gasteiger partial charge in [0.25, 0.3) is 5.91 Å². The van der Waals surface area contributed by atoms with Crippen molar-refractivity contribution in [3.63, 3.8) is 0 Å². The molecule has 94 valence electrons. The highest BCUT2D eigenvalue weighted by molar-refractivity contribution is 5.92. The molecule has 0 spiro atoms. The van der Waals surface area contributed by atoms with Gasteiger partial charge in [-0.05, 0) is 33.1 Å². The SMILES string of the molecule is Cc1cc(NC(=O)[C@@H](C)[NH+]2CCCCC2)no1. The van der Waals surface area contributed by atoms with Gasteiger partial charge in [0.15, 0.2) is 11.9 Å². The number of amides is 1. The predicted octanol–water partition coefficient (Wildman–Crippen LogP) is 0.379. The molecule has 5 nitrogen and oxygen atoms in total. The van der Waals surface area contributed by atoms with Crippen LogP contribution in [0.5, 0.6) is 0 Å². The molecule has 17 heavy (non-hydrogen) atoms. The topological polar surface area (TPSA) is 59.6 Å². The summed E-state index contributed by atoms with van der Waals surface area (Å²) in [5, 5.41) is 6.56. The van der Waals surface area contributed by atoms with Gasteiger partial charge in [-0.1, -0.05) is 5.16 Å². The molecular formula is C12H20N3O2+. The number of hydrogen-bond acceptors (Lipinski definition) is 3. The van der Waals surface area contributed by atoms with E-state index in [0.717, 1.165) is 13.1 Å². The van der Waals surface area contributed by atoms with Gasteiger partial charge in [0, 0.05) is 6.07 Å². The minimum atomic E-state index is -0.0210. The van der Waals surface area contributed by atoms with Crippen LogP contribution in [0.15, 0.2) is 10.6 Å². The van der Waals surface area contributed by atoms with E-state index in [2.05, 4.69) is 10.5 Å². The maximum atomic E-state index is 12.0. The first-order valence-corrected chi connectivity index (χ1v) is 6.25. The zero-order valence-electron chi connectivity index (χ0n) is 10.5. The Bertz CT molecular complexity index is 383. The largest absolute Gasteiger partial charge is 0.360 e. The molecule has 1 aliphatic rings. The van der Waals surface area contributed by atoms with Crippen LogP contribution in [-0.4, -0.2) is 30.2 Å². The number of nitrogens with one attached hydrogen (secondary N) is 2. The number of nitrogens with zero attached hydrogens (tertiary/aromatic N) is 1. The molecule has 1 amide bonds. The number of aromatic nitrogens is 1. The molecule has 0 unspecified atom stereocenters. The van der Waals surface area contributed by atoms with Gasteiger partial charge in [-0.15, -0.1) is 0 Å². The third-order valence-corrected chi connectivity index (χ3v) is 3.38. The van der Waals surface area contributed by atoms with E-state index < -0.39 is 0 Å². The van der Waals surface area contributed by atoms with Gasteiger partial charge >= 0.3 is 0 Å². The van der Waals surface area contributed by atoms with Crippen molar-refractivity contribution in [2.24, 2.45) is 0 Å². The fourth-order valence-corrected chi connectivity index (χ4v) is 2.28. The molecule has 1 aromatic rings. The fraction of sp³-hybridized carbons (Fsp3) is 0.667. The van der Waals surface area contributed by atoms with Crippen LogP contribution >= 0.6 is 0 Å². The van der Waals surface area contributed by atoms with Gasteiger partial charge in [-0.3, -0.25) is 4.79 Å². The van der Waals surface area contributed by atoms with Crippen molar-refractivity contribution in [2.75, 3.05) is 18.4 Å². The van der Waals surface area contributed by atoms with Crippen molar-refractivity contribution in [1.29, 1.82) is 0 Å². The Morgan fingerprint density at radius 2 is 2.18 bits per heavy atom. The number of likely N-dealkylation sites (tertiary alicyclic amines) is 1. The lowest BCUT2D eigenvalue weighted by Crippen LogP contribution is -3.17. The summed E-state index contributed by atoms with van der Waals surface area (Å²) in [6.45, 7) is 5.96. The van der Waals surface area contributed by atoms with Crippen LogP contribution in [0.2, 0.25) is 0 Å². The highest BCUT2D eigenvalue weighted by Crippen LogP contribution is 2.07. The third kappa shape index (κ3) is 3.06. The predicted molar refractivity (Wildman–Crippen MR) is 63.9 cm³/mol. The molecule has 1 fully saturated rings. The van der Waals surface area contributed by atoms with Crippen molar-refractivity contribution in [3.8, 4) is 0 Å². The Balaban J connectivity index is 1.90. The summed E-state index contributed by atoms with van der Waals surface area (Å²) in [6, 6.07) is 1.71. The van der Waals surface area contributed by atoms with Crippen LogP contribution in [0.4, 0.5) is 5.82 Å². The summed E-state index contributed by atoms with van der Waals surface area (Å²) in [6.07, 6.45) is 3.73. The van der Waals surface area contributed by atoms with Crippen molar-refractivity contribution in [3.05, 3.63) is 11.8 Å². The second-order valence-electron chi connectivity index (χ2n) is 4.75. The molecule has 1 aliphatic heterocycles. The second-order valence-corrected chi connectivity index (χ2v) is 4.75. The van der Waals surface area contributed by atoms with Crippen LogP contribution in [0.25, 0.3) is 0 Å². The number of carbonyl (C=O) groups is 1. The molecule has 1 atom stereocenters. The molecule has 2 heterocycles. The smallest absolute Gasteiger partial charge is 0.283 e. The quantitative estimate of drug-likeness (QED) is 0.800. The summed E-state index contributed by atoms with van der Waals surface area (Å²) in [5.74, 6) is 1.24. The number of piperidine rings is 1.